The van der Waals surface area contributed by atoms with Crippen molar-refractivity contribution in [2.75, 3.05) is 31.6 Å². The van der Waals surface area contributed by atoms with E-state index in [1.165, 1.54) is 25.8 Å². The van der Waals surface area contributed by atoms with Gasteiger partial charge in [0.25, 0.3) is 0 Å². The number of hydrogen-bond acceptors (Lipinski definition) is 4. The summed E-state index contributed by atoms with van der Waals surface area (Å²) in [5, 5.41) is 12.3. The Balaban J connectivity index is 1.87. The molecule has 116 valence electrons. The molecule has 2 atom stereocenters. The van der Waals surface area contributed by atoms with Crippen LogP contribution in [0.15, 0.2) is 0 Å². The molecule has 3 heterocycles. The highest BCUT2D eigenvalue weighted by atomic mass is 15.4. The van der Waals surface area contributed by atoms with Crippen LogP contribution in [-0.4, -0.2) is 53.2 Å². The Hall–Kier alpha value is -1.56. The van der Waals surface area contributed by atoms with E-state index < -0.39 is 0 Å². The van der Waals surface area contributed by atoms with Crippen molar-refractivity contribution in [3.63, 3.8) is 0 Å². The molecule has 0 amide bonds. The zero-order valence-electron chi connectivity index (χ0n) is 13.3. The molecule has 0 saturated carbocycles. The van der Waals surface area contributed by atoms with Gasteiger partial charge in [-0.2, -0.15) is 5.10 Å². The highest BCUT2D eigenvalue weighted by molar-refractivity contribution is 6.00. The van der Waals surface area contributed by atoms with Crippen LogP contribution in [0, 0.1) is 18.3 Å². The van der Waals surface area contributed by atoms with Gasteiger partial charge in [-0.3, -0.25) is 10.1 Å². The number of nitrogens with zero attached hydrogens (tertiary/aromatic N) is 4. The average Bonchev–Trinajstić information content (AvgIpc) is 2.73. The Bertz CT molecular complexity index is 549. The lowest BCUT2D eigenvalue weighted by Crippen LogP contribution is -2.53. The third-order valence-corrected chi connectivity index (χ3v) is 5.11. The predicted octanol–water partition coefficient (Wildman–Crippen LogP) is 0.933. The Morgan fingerprint density at radius 1 is 1.29 bits per heavy atom. The van der Waals surface area contributed by atoms with Crippen LogP contribution in [0.3, 0.4) is 0 Å². The van der Waals surface area contributed by atoms with Crippen molar-refractivity contribution < 1.29 is 0 Å². The van der Waals surface area contributed by atoms with Crippen LogP contribution < -0.4 is 10.6 Å². The number of likely N-dealkylation sites (tertiary alicyclic amines) is 1. The minimum atomic E-state index is 0.124. The SMILES string of the molecule is Cc1nn(C)c(N2CCC3C(CCCN3C)C2)c1C(=N)N. The number of fused-ring (bicyclic) bond motifs is 1. The lowest BCUT2D eigenvalue weighted by Gasteiger charge is -2.46. The Morgan fingerprint density at radius 2 is 2.05 bits per heavy atom. The van der Waals surface area contributed by atoms with Gasteiger partial charge in [-0.15, -0.1) is 0 Å². The van der Waals surface area contributed by atoms with Crippen molar-refractivity contribution in [3.8, 4) is 0 Å². The molecular formula is C15H26N6. The molecule has 2 aliphatic heterocycles. The minimum absolute atomic E-state index is 0.124. The number of nitrogens with two attached hydrogens (primary N) is 1. The molecule has 0 bridgehead atoms. The zero-order valence-corrected chi connectivity index (χ0v) is 13.3. The van der Waals surface area contributed by atoms with Gasteiger partial charge in [-0.05, 0) is 45.7 Å². The van der Waals surface area contributed by atoms with Crippen LogP contribution in [0.1, 0.15) is 30.5 Å². The number of aromatic nitrogens is 2. The van der Waals surface area contributed by atoms with E-state index in [1.807, 2.05) is 18.7 Å². The van der Waals surface area contributed by atoms with Crippen molar-refractivity contribution in [3.05, 3.63) is 11.3 Å². The summed E-state index contributed by atoms with van der Waals surface area (Å²) in [4.78, 5) is 4.91. The van der Waals surface area contributed by atoms with Gasteiger partial charge in [0, 0.05) is 26.2 Å². The van der Waals surface area contributed by atoms with Crippen molar-refractivity contribution in [1.29, 1.82) is 5.41 Å². The first-order chi connectivity index (χ1) is 9.99. The van der Waals surface area contributed by atoms with Crippen LogP contribution >= 0.6 is 0 Å². The van der Waals surface area contributed by atoms with Crippen molar-refractivity contribution in [2.24, 2.45) is 18.7 Å². The number of nitrogen functional groups attached to an aromatic ring is 1. The third-order valence-electron chi connectivity index (χ3n) is 5.11. The Kier molecular flexibility index (Phi) is 3.65. The van der Waals surface area contributed by atoms with E-state index in [1.54, 1.807) is 0 Å². The molecule has 3 rings (SSSR count). The molecule has 1 aromatic heterocycles. The molecule has 0 aliphatic carbocycles. The van der Waals surface area contributed by atoms with Crippen LogP contribution in [0.4, 0.5) is 5.82 Å². The van der Waals surface area contributed by atoms with Crippen LogP contribution in [0.25, 0.3) is 0 Å². The predicted molar refractivity (Wildman–Crippen MR) is 84.9 cm³/mol. The molecule has 6 heteroatoms. The molecule has 2 unspecified atom stereocenters. The zero-order chi connectivity index (χ0) is 15.1. The summed E-state index contributed by atoms with van der Waals surface area (Å²) >= 11 is 0. The minimum Gasteiger partial charge on any atom is -0.384 e. The van der Waals surface area contributed by atoms with Gasteiger partial charge in [-0.25, -0.2) is 0 Å². The molecule has 2 aliphatic rings. The maximum Gasteiger partial charge on any atom is 0.137 e. The molecule has 21 heavy (non-hydrogen) atoms. The molecule has 6 nitrogen and oxygen atoms in total. The van der Waals surface area contributed by atoms with E-state index in [-0.39, 0.29) is 5.84 Å². The number of rotatable bonds is 2. The molecule has 0 radical (unpaired) electrons. The molecule has 2 fully saturated rings. The summed E-state index contributed by atoms with van der Waals surface area (Å²) in [6.07, 6.45) is 3.77. The quantitative estimate of drug-likeness (QED) is 0.628. The number of anilines is 1. The summed E-state index contributed by atoms with van der Waals surface area (Å²) in [6.45, 7) is 5.23. The maximum absolute atomic E-state index is 7.85. The van der Waals surface area contributed by atoms with Crippen LogP contribution in [0.5, 0.6) is 0 Å². The summed E-state index contributed by atoms with van der Waals surface area (Å²) in [5.74, 6) is 1.86. The van der Waals surface area contributed by atoms with Gasteiger partial charge in [0.2, 0.25) is 0 Å². The lowest BCUT2D eigenvalue weighted by molar-refractivity contribution is 0.102. The second-order valence-corrected chi connectivity index (χ2v) is 6.51. The number of nitrogens with one attached hydrogen (secondary N) is 1. The highest BCUT2D eigenvalue weighted by Crippen LogP contribution is 2.33. The fourth-order valence-corrected chi connectivity index (χ4v) is 4.17. The monoisotopic (exact) mass is 290 g/mol. The topological polar surface area (TPSA) is 74.2 Å². The number of aryl methyl sites for hydroxylation is 2. The van der Waals surface area contributed by atoms with Gasteiger partial charge >= 0.3 is 0 Å². The number of hydrogen-bond donors (Lipinski definition) is 2. The van der Waals surface area contributed by atoms with E-state index in [2.05, 4.69) is 21.9 Å². The van der Waals surface area contributed by atoms with Crippen LogP contribution in [0.2, 0.25) is 0 Å². The highest BCUT2D eigenvalue weighted by Gasteiger charge is 2.36. The summed E-state index contributed by atoms with van der Waals surface area (Å²) in [6, 6.07) is 0.713. The first-order valence-electron chi connectivity index (χ1n) is 7.82. The van der Waals surface area contributed by atoms with E-state index in [0.717, 1.165) is 30.2 Å². The van der Waals surface area contributed by atoms with Gasteiger partial charge in [0.1, 0.15) is 11.7 Å². The standard InChI is InChI=1S/C15H26N6/c1-10-13(14(16)17)15(20(3)18-10)21-8-6-12-11(9-21)5-4-7-19(12)2/h11-12H,4-9H2,1-3H3,(H3,16,17). The lowest BCUT2D eigenvalue weighted by atomic mass is 9.84. The number of amidine groups is 1. The molecule has 0 spiro atoms. The fraction of sp³-hybridized carbons (Fsp3) is 0.733. The van der Waals surface area contributed by atoms with Gasteiger partial charge in [0.15, 0.2) is 0 Å². The molecule has 0 aromatic carbocycles. The summed E-state index contributed by atoms with van der Waals surface area (Å²) in [5.41, 5.74) is 7.44. The van der Waals surface area contributed by atoms with Crippen molar-refractivity contribution in [1.82, 2.24) is 14.7 Å². The maximum atomic E-state index is 7.85. The first kappa shape index (κ1) is 14.4. The van der Waals surface area contributed by atoms with Gasteiger partial charge in [0.05, 0.1) is 11.3 Å². The molecular weight excluding hydrogens is 264 g/mol. The average molecular weight is 290 g/mol. The molecule has 3 N–H and O–H groups in total. The summed E-state index contributed by atoms with van der Waals surface area (Å²) < 4.78 is 1.89. The number of piperidine rings is 2. The normalized spacial score (nSPS) is 26.7. The fourth-order valence-electron chi connectivity index (χ4n) is 4.17. The molecule has 1 aromatic rings. The van der Waals surface area contributed by atoms with E-state index in [4.69, 9.17) is 11.1 Å². The van der Waals surface area contributed by atoms with Gasteiger partial charge in [-0.1, -0.05) is 0 Å². The Morgan fingerprint density at radius 3 is 2.76 bits per heavy atom. The first-order valence-corrected chi connectivity index (χ1v) is 7.82. The van der Waals surface area contributed by atoms with E-state index in [0.29, 0.717) is 12.0 Å². The largest absolute Gasteiger partial charge is 0.384 e. The van der Waals surface area contributed by atoms with Crippen molar-refractivity contribution in [2.45, 2.75) is 32.2 Å². The third kappa shape index (κ3) is 2.41. The van der Waals surface area contributed by atoms with Gasteiger partial charge < -0.3 is 15.5 Å². The van der Waals surface area contributed by atoms with Crippen molar-refractivity contribution >= 4 is 11.7 Å². The second-order valence-electron chi connectivity index (χ2n) is 6.51. The van der Waals surface area contributed by atoms with E-state index in [9.17, 15) is 0 Å². The smallest absolute Gasteiger partial charge is 0.137 e. The molecule has 2 saturated heterocycles. The van der Waals surface area contributed by atoms with E-state index >= 15 is 0 Å². The summed E-state index contributed by atoms with van der Waals surface area (Å²) in [7, 11) is 4.20. The Labute approximate surface area is 126 Å². The second kappa shape index (κ2) is 5.33. The van der Waals surface area contributed by atoms with Crippen LogP contribution in [-0.2, 0) is 7.05 Å².